The summed E-state index contributed by atoms with van der Waals surface area (Å²) in [7, 11) is 0. The Kier molecular flexibility index (Phi) is 4.69. The van der Waals surface area contributed by atoms with E-state index in [0.717, 1.165) is 4.90 Å². The smallest absolute Gasteiger partial charge is 0.320 e. The predicted molar refractivity (Wildman–Crippen MR) is 68.3 cm³/mol. The second-order valence-corrected chi connectivity index (χ2v) is 5.46. The molecule has 0 spiro atoms. The molecule has 0 aliphatic rings. The number of hydrogen-bond acceptors (Lipinski definition) is 2. The van der Waals surface area contributed by atoms with Gasteiger partial charge in [-0.05, 0) is 31.0 Å². The van der Waals surface area contributed by atoms with E-state index in [0.29, 0.717) is 17.9 Å². The van der Waals surface area contributed by atoms with Crippen molar-refractivity contribution in [1.29, 1.82) is 0 Å². The topological polar surface area (TPSA) is 37.3 Å². The van der Waals surface area contributed by atoms with Gasteiger partial charge >= 0.3 is 5.97 Å². The summed E-state index contributed by atoms with van der Waals surface area (Å²) in [6.07, 6.45) is 1.19. The zero-order valence-electron chi connectivity index (χ0n) is 9.37. The van der Waals surface area contributed by atoms with Gasteiger partial charge in [-0.3, -0.25) is 4.79 Å². The Labute approximate surface area is 105 Å². The average molecular weight is 259 g/mol. The van der Waals surface area contributed by atoms with E-state index in [4.69, 9.17) is 11.6 Å². The number of carboxylic acids is 1. The van der Waals surface area contributed by atoms with E-state index < -0.39 is 10.7 Å². The number of benzene rings is 1. The van der Waals surface area contributed by atoms with Crippen LogP contribution in [0.2, 0.25) is 5.02 Å². The molecule has 2 nitrogen and oxygen atoms in total. The van der Waals surface area contributed by atoms with E-state index in [1.54, 1.807) is 12.1 Å². The van der Waals surface area contributed by atoms with Gasteiger partial charge < -0.3 is 5.11 Å². The maximum absolute atomic E-state index is 11.3. The van der Waals surface area contributed by atoms with Crippen LogP contribution in [0, 0.1) is 0 Å². The first-order valence-electron chi connectivity index (χ1n) is 5.22. The fourth-order valence-electron chi connectivity index (χ4n) is 1.50. The molecule has 0 aliphatic heterocycles. The molecule has 0 unspecified atom stereocenters. The van der Waals surface area contributed by atoms with Crippen molar-refractivity contribution in [3.05, 3.63) is 29.3 Å². The Hall–Kier alpha value is -0.670. The van der Waals surface area contributed by atoms with Gasteiger partial charge in [0.25, 0.3) is 0 Å². The molecule has 0 saturated heterocycles. The SMILES string of the molecule is CCC(CC)(Sc1cccc(Cl)c1)C(=O)O. The molecule has 0 aromatic heterocycles. The fraction of sp³-hybridized carbons (Fsp3) is 0.417. The van der Waals surface area contributed by atoms with E-state index in [2.05, 4.69) is 0 Å². The molecule has 0 bridgehead atoms. The largest absolute Gasteiger partial charge is 0.480 e. The van der Waals surface area contributed by atoms with E-state index in [1.165, 1.54) is 11.8 Å². The molecule has 0 aliphatic carbocycles. The van der Waals surface area contributed by atoms with Crippen molar-refractivity contribution in [2.75, 3.05) is 0 Å². The van der Waals surface area contributed by atoms with Crippen molar-refractivity contribution in [1.82, 2.24) is 0 Å². The third-order valence-electron chi connectivity index (χ3n) is 2.64. The van der Waals surface area contributed by atoms with Crippen molar-refractivity contribution in [3.63, 3.8) is 0 Å². The van der Waals surface area contributed by atoms with E-state index in [9.17, 15) is 9.90 Å². The quantitative estimate of drug-likeness (QED) is 0.809. The van der Waals surface area contributed by atoms with Gasteiger partial charge in [-0.2, -0.15) is 0 Å². The molecule has 16 heavy (non-hydrogen) atoms. The molecule has 0 amide bonds. The van der Waals surface area contributed by atoms with Crippen LogP contribution < -0.4 is 0 Å². The molecule has 4 heteroatoms. The standard InChI is InChI=1S/C12H15ClO2S/c1-3-12(4-2,11(14)15)16-10-7-5-6-9(13)8-10/h5-8H,3-4H2,1-2H3,(H,14,15). The minimum atomic E-state index is -0.762. The van der Waals surface area contributed by atoms with Crippen molar-refractivity contribution in [2.24, 2.45) is 0 Å². The number of aliphatic carboxylic acids is 1. The van der Waals surface area contributed by atoms with E-state index in [-0.39, 0.29) is 0 Å². The first kappa shape index (κ1) is 13.4. The summed E-state index contributed by atoms with van der Waals surface area (Å²) in [5.74, 6) is -0.762. The fourth-order valence-corrected chi connectivity index (χ4v) is 2.91. The molecule has 88 valence electrons. The van der Waals surface area contributed by atoms with Crippen LogP contribution in [0.25, 0.3) is 0 Å². The maximum atomic E-state index is 11.3. The summed E-state index contributed by atoms with van der Waals surface area (Å²) in [5.41, 5.74) is 0. The summed E-state index contributed by atoms with van der Waals surface area (Å²) < 4.78 is -0.745. The first-order chi connectivity index (χ1) is 7.54. The molecule has 0 saturated carbocycles. The van der Waals surface area contributed by atoms with Crippen LogP contribution in [-0.2, 0) is 4.79 Å². The molecule has 1 aromatic carbocycles. The molecule has 0 atom stereocenters. The number of hydrogen-bond donors (Lipinski definition) is 1. The third-order valence-corrected chi connectivity index (χ3v) is 4.51. The zero-order chi connectivity index (χ0) is 12.2. The lowest BCUT2D eigenvalue weighted by atomic mass is 10.0. The zero-order valence-corrected chi connectivity index (χ0v) is 10.9. The predicted octanol–water partition coefficient (Wildman–Crippen LogP) is 4.08. The molecule has 1 aromatic rings. The molecule has 0 radical (unpaired) electrons. The number of carbonyl (C=O) groups is 1. The second-order valence-electron chi connectivity index (χ2n) is 3.57. The van der Waals surface area contributed by atoms with Crippen molar-refractivity contribution >= 4 is 29.3 Å². The Morgan fingerprint density at radius 2 is 2.06 bits per heavy atom. The number of rotatable bonds is 5. The maximum Gasteiger partial charge on any atom is 0.320 e. The van der Waals surface area contributed by atoms with Crippen LogP contribution in [0.1, 0.15) is 26.7 Å². The summed E-state index contributed by atoms with van der Waals surface area (Å²) in [6.45, 7) is 3.80. The van der Waals surface area contributed by atoms with Gasteiger partial charge in [-0.15, -0.1) is 11.8 Å². The van der Waals surface area contributed by atoms with Crippen LogP contribution in [0.3, 0.4) is 0 Å². The van der Waals surface area contributed by atoms with Crippen molar-refractivity contribution < 1.29 is 9.90 Å². The van der Waals surface area contributed by atoms with Crippen molar-refractivity contribution in [2.45, 2.75) is 36.3 Å². The highest BCUT2D eigenvalue weighted by atomic mass is 35.5. The van der Waals surface area contributed by atoms with Gasteiger partial charge in [0.1, 0.15) is 4.75 Å². The lowest BCUT2D eigenvalue weighted by molar-refractivity contribution is -0.140. The lowest BCUT2D eigenvalue weighted by Gasteiger charge is -2.25. The van der Waals surface area contributed by atoms with Gasteiger partial charge in [0.05, 0.1) is 0 Å². The summed E-state index contributed by atoms with van der Waals surface area (Å²) >= 11 is 7.25. The van der Waals surface area contributed by atoms with Crippen LogP contribution in [0.15, 0.2) is 29.2 Å². The van der Waals surface area contributed by atoms with Gasteiger partial charge in [0.2, 0.25) is 0 Å². The molecular weight excluding hydrogens is 244 g/mol. The monoisotopic (exact) mass is 258 g/mol. The number of halogens is 1. The average Bonchev–Trinajstić information content (AvgIpc) is 2.25. The number of carboxylic acid groups (broad SMARTS) is 1. The molecule has 0 fully saturated rings. The summed E-state index contributed by atoms with van der Waals surface area (Å²) in [4.78, 5) is 12.2. The minimum absolute atomic E-state index is 0.593. The molecule has 1 rings (SSSR count). The minimum Gasteiger partial charge on any atom is -0.480 e. The Morgan fingerprint density at radius 3 is 2.50 bits per heavy atom. The van der Waals surface area contributed by atoms with Gasteiger partial charge in [0.15, 0.2) is 0 Å². The number of thioether (sulfide) groups is 1. The van der Waals surface area contributed by atoms with Gasteiger partial charge in [-0.1, -0.05) is 31.5 Å². The molecule has 0 heterocycles. The summed E-state index contributed by atoms with van der Waals surface area (Å²) in [5, 5.41) is 9.94. The van der Waals surface area contributed by atoms with Gasteiger partial charge in [0, 0.05) is 9.92 Å². The van der Waals surface area contributed by atoms with Crippen LogP contribution in [0.4, 0.5) is 0 Å². The van der Waals surface area contributed by atoms with Crippen molar-refractivity contribution in [3.8, 4) is 0 Å². The Balaban J connectivity index is 2.96. The third kappa shape index (κ3) is 2.92. The Bertz CT molecular complexity index is 375. The molecular formula is C12H15ClO2S. The van der Waals surface area contributed by atoms with E-state index >= 15 is 0 Å². The summed E-state index contributed by atoms with van der Waals surface area (Å²) in [6, 6.07) is 7.31. The highest BCUT2D eigenvalue weighted by molar-refractivity contribution is 8.01. The van der Waals surface area contributed by atoms with Crippen LogP contribution in [0.5, 0.6) is 0 Å². The van der Waals surface area contributed by atoms with E-state index in [1.807, 2.05) is 26.0 Å². The molecule has 1 N–H and O–H groups in total. The lowest BCUT2D eigenvalue weighted by Crippen LogP contribution is -2.33. The van der Waals surface area contributed by atoms with Crippen LogP contribution in [-0.4, -0.2) is 15.8 Å². The normalized spacial score (nSPS) is 11.4. The highest BCUT2D eigenvalue weighted by Gasteiger charge is 2.35. The second kappa shape index (κ2) is 5.60. The Morgan fingerprint density at radius 1 is 1.44 bits per heavy atom. The van der Waals surface area contributed by atoms with Gasteiger partial charge in [-0.25, -0.2) is 0 Å². The van der Waals surface area contributed by atoms with Crippen LogP contribution >= 0.6 is 23.4 Å². The first-order valence-corrected chi connectivity index (χ1v) is 6.41. The highest BCUT2D eigenvalue weighted by Crippen LogP contribution is 2.39.